The number of ketones is 1. The molecular formula is C25H23NO7. The van der Waals surface area contributed by atoms with Crippen LogP contribution in [-0.2, 0) is 16.1 Å². The summed E-state index contributed by atoms with van der Waals surface area (Å²) in [5.41, 5.74) is 0.788. The highest BCUT2D eigenvalue weighted by Crippen LogP contribution is 2.42. The van der Waals surface area contributed by atoms with Gasteiger partial charge in [-0.15, -0.1) is 0 Å². The van der Waals surface area contributed by atoms with Crippen molar-refractivity contribution in [3.8, 4) is 17.2 Å². The van der Waals surface area contributed by atoms with Gasteiger partial charge in [0.2, 0.25) is 0 Å². The normalized spacial score (nSPS) is 17.4. The summed E-state index contributed by atoms with van der Waals surface area (Å²) in [6, 6.07) is 13.6. The second kappa shape index (κ2) is 9.12. The number of aromatic hydroxyl groups is 1. The summed E-state index contributed by atoms with van der Waals surface area (Å²) in [4.78, 5) is 27.4. The minimum atomic E-state index is -0.920. The van der Waals surface area contributed by atoms with Gasteiger partial charge in [-0.1, -0.05) is 6.07 Å². The van der Waals surface area contributed by atoms with Gasteiger partial charge in [0.25, 0.3) is 11.7 Å². The van der Waals surface area contributed by atoms with Crippen LogP contribution in [0.1, 0.15) is 29.9 Å². The molecule has 4 rings (SSSR count). The fourth-order valence-corrected chi connectivity index (χ4v) is 3.86. The molecule has 1 aromatic heterocycles. The van der Waals surface area contributed by atoms with Crippen LogP contribution in [0.3, 0.4) is 0 Å². The fourth-order valence-electron chi connectivity index (χ4n) is 3.86. The molecule has 1 amide bonds. The number of hydrogen-bond donors (Lipinski definition) is 2. The molecule has 1 fully saturated rings. The van der Waals surface area contributed by atoms with Crippen LogP contribution >= 0.6 is 0 Å². The molecule has 1 unspecified atom stereocenters. The van der Waals surface area contributed by atoms with Gasteiger partial charge in [-0.25, -0.2) is 0 Å². The predicted octanol–water partition coefficient (Wildman–Crippen LogP) is 4.01. The number of carbonyl (C=O) groups is 2. The summed E-state index contributed by atoms with van der Waals surface area (Å²) in [7, 11) is 1.40. The van der Waals surface area contributed by atoms with Gasteiger partial charge < -0.3 is 29.0 Å². The van der Waals surface area contributed by atoms with Crippen LogP contribution in [0.15, 0.2) is 70.9 Å². The van der Waals surface area contributed by atoms with Crippen molar-refractivity contribution in [2.45, 2.75) is 19.5 Å². The number of hydrogen-bond acceptors (Lipinski definition) is 7. The van der Waals surface area contributed by atoms with Crippen LogP contribution in [0.25, 0.3) is 5.76 Å². The molecule has 1 aliphatic rings. The lowest BCUT2D eigenvalue weighted by atomic mass is 9.95. The van der Waals surface area contributed by atoms with E-state index in [-0.39, 0.29) is 29.4 Å². The Bertz CT molecular complexity index is 1200. The number of aliphatic hydroxyl groups is 1. The van der Waals surface area contributed by atoms with Gasteiger partial charge in [0.15, 0.2) is 11.5 Å². The molecule has 170 valence electrons. The van der Waals surface area contributed by atoms with E-state index < -0.39 is 17.7 Å². The number of Topliss-reactive ketones (excluding diaryl/α,β-unsaturated/α-hetero) is 1. The molecule has 2 heterocycles. The lowest BCUT2D eigenvalue weighted by molar-refractivity contribution is -0.140. The van der Waals surface area contributed by atoms with Crippen LogP contribution in [0.5, 0.6) is 17.2 Å². The molecule has 2 aromatic carbocycles. The van der Waals surface area contributed by atoms with Gasteiger partial charge in [-0.3, -0.25) is 9.59 Å². The Hall–Kier alpha value is -4.20. The molecule has 8 heteroatoms. The molecule has 0 spiro atoms. The molecule has 2 N–H and O–H groups in total. The van der Waals surface area contributed by atoms with Crippen molar-refractivity contribution in [1.29, 1.82) is 0 Å². The zero-order valence-corrected chi connectivity index (χ0v) is 18.1. The fraction of sp³-hybridized carbons (Fsp3) is 0.200. The number of ether oxygens (including phenoxy) is 2. The van der Waals surface area contributed by atoms with Crippen molar-refractivity contribution in [3.05, 3.63) is 83.3 Å². The molecule has 8 nitrogen and oxygen atoms in total. The van der Waals surface area contributed by atoms with Crippen molar-refractivity contribution >= 4 is 17.4 Å². The van der Waals surface area contributed by atoms with E-state index in [9.17, 15) is 19.8 Å². The SMILES string of the molecule is CCOc1ccc(/C(O)=C2\C(=O)C(=O)N(Cc3ccco3)C2c2ccc(O)c(OC)c2)cc1. The molecule has 0 aliphatic carbocycles. The van der Waals surface area contributed by atoms with Crippen molar-refractivity contribution in [3.63, 3.8) is 0 Å². The van der Waals surface area contributed by atoms with Crippen LogP contribution in [0.2, 0.25) is 0 Å². The van der Waals surface area contributed by atoms with Crippen LogP contribution in [0, 0.1) is 0 Å². The second-order valence-corrected chi connectivity index (χ2v) is 7.40. The summed E-state index contributed by atoms with van der Waals surface area (Å²) < 4.78 is 16.0. The quantitative estimate of drug-likeness (QED) is 0.319. The predicted molar refractivity (Wildman–Crippen MR) is 119 cm³/mol. The number of methoxy groups -OCH3 is 1. The smallest absolute Gasteiger partial charge is 0.296 e. The van der Waals surface area contributed by atoms with E-state index in [4.69, 9.17) is 13.9 Å². The lowest BCUT2D eigenvalue weighted by Gasteiger charge is -2.25. The Balaban J connectivity index is 1.85. The first-order chi connectivity index (χ1) is 15.9. The number of phenolic OH excluding ortho intramolecular Hbond substituents is 1. The number of benzene rings is 2. The Kier molecular flexibility index (Phi) is 6.08. The lowest BCUT2D eigenvalue weighted by Crippen LogP contribution is -2.29. The largest absolute Gasteiger partial charge is 0.507 e. The minimum absolute atomic E-state index is 0.0193. The molecule has 1 atom stereocenters. The summed E-state index contributed by atoms with van der Waals surface area (Å²) in [5.74, 6) is -0.704. The van der Waals surface area contributed by atoms with Gasteiger partial charge in [0, 0.05) is 5.56 Å². The van der Waals surface area contributed by atoms with Crippen molar-refractivity contribution in [2.75, 3.05) is 13.7 Å². The Morgan fingerprint density at radius 2 is 1.88 bits per heavy atom. The molecule has 0 saturated carbocycles. The van der Waals surface area contributed by atoms with E-state index in [0.717, 1.165) is 0 Å². The third-order valence-electron chi connectivity index (χ3n) is 5.40. The van der Waals surface area contributed by atoms with Crippen LogP contribution in [0.4, 0.5) is 0 Å². The molecule has 0 radical (unpaired) electrons. The first kappa shape index (κ1) is 22.0. The number of furan rings is 1. The number of nitrogens with zero attached hydrogens (tertiary/aromatic N) is 1. The van der Waals surface area contributed by atoms with E-state index >= 15 is 0 Å². The summed E-state index contributed by atoms with van der Waals surface area (Å²) in [6.45, 7) is 2.37. The number of likely N-dealkylation sites (tertiary alicyclic amines) is 1. The van der Waals surface area contributed by atoms with Gasteiger partial charge >= 0.3 is 0 Å². The standard InChI is InChI=1S/C25H23NO7/c1-3-32-17-9-6-15(7-10-17)23(28)21-22(16-8-11-19(27)20(13-16)31-2)26(25(30)24(21)29)14-18-5-4-12-33-18/h4-13,22,27-28H,3,14H2,1-2H3/b23-21+. The Morgan fingerprint density at radius 1 is 1.12 bits per heavy atom. The zero-order chi connectivity index (χ0) is 23.5. The number of phenols is 1. The van der Waals surface area contributed by atoms with E-state index in [0.29, 0.717) is 29.2 Å². The van der Waals surface area contributed by atoms with Gasteiger partial charge in [-0.05, 0) is 61.0 Å². The molecule has 1 aliphatic heterocycles. The molecule has 1 saturated heterocycles. The average molecular weight is 449 g/mol. The van der Waals surface area contributed by atoms with Gasteiger partial charge in [0.1, 0.15) is 17.3 Å². The maximum absolute atomic E-state index is 13.1. The first-order valence-corrected chi connectivity index (χ1v) is 10.4. The van der Waals surface area contributed by atoms with Crippen molar-refractivity contribution < 1.29 is 33.7 Å². The van der Waals surface area contributed by atoms with E-state index in [2.05, 4.69) is 0 Å². The third-order valence-corrected chi connectivity index (χ3v) is 5.40. The zero-order valence-electron chi connectivity index (χ0n) is 18.1. The number of aliphatic hydroxyl groups excluding tert-OH is 1. The molecule has 3 aromatic rings. The molecule has 33 heavy (non-hydrogen) atoms. The number of carbonyl (C=O) groups excluding carboxylic acids is 2. The number of rotatable bonds is 7. The minimum Gasteiger partial charge on any atom is -0.507 e. The summed E-state index contributed by atoms with van der Waals surface area (Å²) in [6.07, 6.45) is 1.48. The van der Waals surface area contributed by atoms with Crippen LogP contribution < -0.4 is 9.47 Å². The monoisotopic (exact) mass is 449 g/mol. The molecular weight excluding hydrogens is 426 g/mol. The number of amides is 1. The topological polar surface area (TPSA) is 109 Å². The maximum atomic E-state index is 13.1. The van der Waals surface area contributed by atoms with E-state index in [1.165, 1.54) is 30.4 Å². The third kappa shape index (κ3) is 4.15. The second-order valence-electron chi connectivity index (χ2n) is 7.40. The summed E-state index contributed by atoms with van der Waals surface area (Å²) >= 11 is 0. The van der Waals surface area contributed by atoms with Crippen molar-refractivity contribution in [1.82, 2.24) is 4.90 Å². The highest BCUT2D eigenvalue weighted by Gasteiger charge is 2.46. The highest BCUT2D eigenvalue weighted by atomic mass is 16.5. The Labute approximate surface area is 190 Å². The maximum Gasteiger partial charge on any atom is 0.296 e. The van der Waals surface area contributed by atoms with Crippen LogP contribution in [-0.4, -0.2) is 40.5 Å². The molecule has 0 bridgehead atoms. The Morgan fingerprint density at radius 3 is 2.52 bits per heavy atom. The first-order valence-electron chi connectivity index (χ1n) is 10.4. The average Bonchev–Trinajstić information content (AvgIpc) is 3.42. The summed E-state index contributed by atoms with van der Waals surface area (Å²) in [5, 5.41) is 21.1. The van der Waals surface area contributed by atoms with Gasteiger partial charge in [-0.2, -0.15) is 0 Å². The van der Waals surface area contributed by atoms with Crippen molar-refractivity contribution in [2.24, 2.45) is 0 Å². The van der Waals surface area contributed by atoms with E-state index in [1.807, 2.05) is 6.92 Å². The highest BCUT2D eigenvalue weighted by molar-refractivity contribution is 6.46. The van der Waals surface area contributed by atoms with E-state index in [1.54, 1.807) is 42.5 Å². The van der Waals surface area contributed by atoms with Gasteiger partial charge in [0.05, 0.1) is 38.1 Å².